The second-order valence-electron chi connectivity index (χ2n) is 11.4. The predicted molar refractivity (Wildman–Crippen MR) is 164 cm³/mol. The topological polar surface area (TPSA) is 147 Å². The molecule has 3 aliphatic rings. The highest BCUT2D eigenvalue weighted by atomic mass is 16.5. The van der Waals surface area contributed by atoms with Crippen molar-refractivity contribution in [3.63, 3.8) is 0 Å². The molecule has 13 heteroatoms. The first kappa shape index (κ1) is 29.1. The number of methoxy groups -OCH3 is 1. The van der Waals surface area contributed by atoms with Crippen molar-refractivity contribution >= 4 is 28.9 Å². The molecule has 5 heterocycles. The van der Waals surface area contributed by atoms with Crippen LogP contribution in [0.1, 0.15) is 36.2 Å². The zero-order chi connectivity index (χ0) is 29.8. The second-order valence-corrected chi connectivity index (χ2v) is 11.4. The number of piperidine rings is 1. The summed E-state index contributed by atoms with van der Waals surface area (Å²) in [6.45, 7) is 7.84. The average molecular weight is 592 g/mol. The van der Waals surface area contributed by atoms with Crippen molar-refractivity contribution in [2.75, 3.05) is 82.2 Å². The van der Waals surface area contributed by atoms with E-state index in [2.05, 4.69) is 48.4 Å². The normalized spacial score (nSPS) is 19.3. The first-order valence-electron chi connectivity index (χ1n) is 15.1. The van der Waals surface area contributed by atoms with Crippen LogP contribution in [0.25, 0.3) is 11.5 Å². The van der Waals surface area contributed by atoms with Crippen LogP contribution in [-0.4, -0.2) is 109 Å². The van der Waals surface area contributed by atoms with Crippen LogP contribution in [-0.2, 0) is 4.74 Å². The van der Waals surface area contributed by atoms with Gasteiger partial charge in [-0.1, -0.05) is 0 Å². The first-order valence-corrected chi connectivity index (χ1v) is 15.1. The number of hydrogen-bond donors (Lipinski definition) is 3. The fourth-order valence-electron chi connectivity index (χ4n) is 6.15. The van der Waals surface area contributed by atoms with E-state index >= 15 is 0 Å². The molecule has 230 valence electrons. The molecule has 0 bridgehead atoms. The van der Waals surface area contributed by atoms with Crippen LogP contribution in [0, 0.1) is 0 Å². The number of primary amides is 1. The summed E-state index contributed by atoms with van der Waals surface area (Å²) in [5.74, 6) is 1.14. The quantitative estimate of drug-likeness (QED) is 0.336. The maximum atomic E-state index is 12.5. The molecule has 1 amide bonds. The van der Waals surface area contributed by atoms with Gasteiger partial charge in [0, 0.05) is 76.3 Å². The molecule has 2 aromatic heterocycles. The highest BCUT2D eigenvalue weighted by Crippen LogP contribution is 2.36. The minimum absolute atomic E-state index is 0.00190. The fraction of sp³-hybridized carbons (Fsp3) is 0.533. The Morgan fingerprint density at radius 1 is 1.02 bits per heavy atom. The van der Waals surface area contributed by atoms with Gasteiger partial charge in [0.05, 0.1) is 19.0 Å². The molecule has 0 aliphatic carbocycles. The summed E-state index contributed by atoms with van der Waals surface area (Å²) in [5.41, 5.74) is 7.89. The monoisotopic (exact) mass is 591 g/mol. The van der Waals surface area contributed by atoms with E-state index in [-0.39, 0.29) is 17.6 Å². The largest absolute Gasteiger partial charge is 0.495 e. The number of oxazole rings is 1. The van der Waals surface area contributed by atoms with Crippen molar-refractivity contribution in [3.8, 4) is 17.2 Å². The number of piperazine rings is 1. The van der Waals surface area contributed by atoms with E-state index in [0.717, 1.165) is 76.4 Å². The minimum atomic E-state index is -0.708. The molecule has 6 rings (SSSR count). The van der Waals surface area contributed by atoms with Gasteiger partial charge in [0.25, 0.3) is 5.91 Å². The number of amides is 1. The van der Waals surface area contributed by atoms with E-state index in [1.165, 1.54) is 12.6 Å². The van der Waals surface area contributed by atoms with E-state index in [0.29, 0.717) is 42.2 Å². The van der Waals surface area contributed by atoms with E-state index < -0.39 is 5.91 Å². The zero-order valence-corrected chi connectivity index (χ0v) is 24.9. The number of ether oxygens (including phenoxy) is 2. The molecule has 4 N–H and O–H groups in total. The molecular formula is C30H41N9O4. The van der Waals surface area contributed by atoms with Gasteiger partial charge in [-0.05, 0) is 44.9 Å². The molecule has 0 atom stereocenters. The number of likely N-dealkylation sites (N-methyl/N-ethyl adjacent to an activating group) is 1. The van der Waals surface area contributed by atoms with E-state index in [1.54, 1.807) is 7.11 Å². The number of nitrogens with zero attached hydrogens (tertiary/aromatic N) is 6. The zero-order valence-electron chi connectivity index (χ0n) is 24.9. The molecule has 0 spiro atoms. The summed E-state index contributed by atoms with van der Waals surface area (Å²) in [7, 11) is 3.87. The summed E-state index contributed by atoms with van der Waals surface area (Å²) in [6, 6.07) is 6.71. The summed E-state index contributed by atoms with van der Waals surface area (Å²) >= 11 is 0. The fourth-order valence-corrected chi connectivity index (χ4v) is 6.15. The van der Waals surface area contributed by atoms with Crippen LogP contribution in [0.15, 0.2) is 35.2 Å². The third-order valence-corrected chi connectivity index (χ3v) is 8.66. The summed E-state index contributed by atoms with van der Waals surface area (Å²) in [4.78, 5) is 33.4. The molecule has 0 radical (unpaired) electrons. The number of hydrogen-bond acceptors (Lipinski definition) is 12. The van der Waals surface area contributed by atoms with E-state index in [9.17, 15) is 4.79 Å². The lowest BCUT2D eigenvalue weighted by Gasteiger charge is -2.42. The minimum Gasteiger partial charge on any atom is -0.495 e. The lowest BCUT2D eigenvalue weighted by molar-refractivity contribution is 0.0904. The van der Waals surface area contributed by atoms with Crippen molar-refractivity contribution < 1.29 is 18.7 Å². The molecule has 0 unspecified atom stereocenters. The summed E-state index contributed by atoms with van der Waals surface area (Å²) in [5, 5.41) is 6.73. The molecule has 3 aliphatic heterocycles. The molecular weight excluding hydrogens is 550 g/mol. The summed E-state index contributed by atoms with van der Waals surface area (Å²) < 4.78 is 16.9. The maximum Gasteiger partial charge on any atom is 0.271 e. The third kappa shape index (κ3) is 6.68. The highest BCUT2D eigenvalue weighted by Gasteiger charge is 2.28. The maximum absolute atomic E-state index is 12.5. The van der Waals surface area contributed by atoms with Crippen molar-refractivity contribution in [2.45, 2.75) is 37.8 Å². The Labute approximate surface area is 251 Å². The molecule has 3 fully saturated rings. The van der Waals surface area contributed by atoms with Crippen LogP contribution in [0.2, 0.25) is 0 Å². The van der Waals surface area contributed by atoms with Crippen molar-refractivity contribution in [1.29, 1.82) is 0 Å². The van der Waals surface area contributed by atoms with Gasteiger partial charge in [0.2, 0.25) is 0 Å². The highest BCUT2D eigenvalue weighted by molar-refractivity contribution is 5.97. The Morgan fingerprint density at radius 3 is 2.47 bits per heavy atom. The number of carbonyl (C=O) groups is 1. The molecule has 1 aromatic carbocycles. The first-order chi connectivity index (χ1) is 21.0. The van der Waals surface area contributed by atoms with Gasteiger partial charge in [-0.3, -0.25) is 9.69 Å². The third-order valence-electron chi connectivity index (χ3n) is 8.66. The van der Waals surface area contributed by atoms with Gasteiger partial charge in [-0.25, -0.2) is 15.0 Å². The van der Waals surface area contributed by atoms with Crippen molar-refractivity contribution in [3.05, 3.63) is 36.5 Å². The van der Waals surface area contributed by atoms with Crippen LogP contribution in [0.4, 0.5) is 23.0 Å². The Morgan fingerprint density at radius 2 is 1.79 bits per heavy atom. The van der Waals surface area contributed by atoms with Gasteiger partial charge < -0.3 is 40.1 Å². The van der Waals surface area contributed by atoms with Crippen LogP contribution in [0.5, 0.6) is 5.75 Å². The van der Waals surface area contributed by atoms with Gasteiger partial charge in [0.1, 0.15) is 5.75 Å². The average Bonchev–Trinajstić information content (AvgIpc) is 3.57. The number of benzene rings is 1. The van der Waals surface area contributed by atoms with Crippen molar-refractivity contribution in [2.24, 2.45) is 5.73 Å². The van der Waals surface area contributed by atoms with E-state index in [1.807, 2.05) is 12.1 Å². The van der Waals surface area contributed by atoms with Crippen LogP contribution < -0.4 is 26.0 Å². The van der Waals surface area contributed by atoms with Crippen LogP contribution >= 0.6 is 0 Å². The Balaban J connectivity index is 1.22. The number of aromatic nitrogens is 3. The van der Waals surface area contributed by atoms with Crippen LogP contribution in [0.3, 0.4) is 0 Å². The SMILES string of the molecule is COc1cc(Nc2nc(NC3CCOCC3)c(-c3cnco3)nc2C(N)=O)ccc1N1CCC(N2CCN(C)CC2)CC1. The van der Waals surface area contributed by atoms with Gasteiger partial charge in [-0.2, -0.15) is 0 Å². The van der Waals surface area contributed by atoms with Gasteiger partial charge >= 0.3 is 0 Å². The Kier molecular flexibility index (Phi) is 8.91. The summed E-state index contributed by atoms with van der Waals surface area (Å²) in [6.07, 6.45) is 6.75. The van der Waals surface area contributed by atoms with Crippen molar-refractivity contribution in [1.82, 2.24) is 24.8 Å². The smallest absolute Gasteiger partial charge is 0.271 e. The molecule has 3 aromatic rings. The Hall–Kier alpha value is -3.94. The number of carbonyl (C=O) groups excluding carboxylic acids is 1. The van der Waals surface area contributed by atoms with Gasteiger partial charge in [0.15, 0.2) is 35.2 Å². The lowest BCUT2D eigenvalue weighted by Crippen LogP contribution is -2.52. The number of nitrogens with two attached hydrogens (primary N) is 1. The standard InChI is InChI=1S/C30H41N9O4/c1-37-11-13-38(14-12-37)22-5-9-39(10-6-22)23-4-3-21(17-24(23)41-2)34-30-27(28(31)40)35-26(25-18-32-19-43-25)29(36-30)33-20-7-15-42-16-8-20/h3-4,17-20,22H,5-16H2,1-2H3,(H2,31,40)(H2,33,34,36). The molecule has 0 saturated carbocycles. The molecule has 13 nitrogen and oxygen atoms in total. The predicted octanol–water partition coefficient (Wildman–Crippen LogP) is 2.79. The van der Waals surface area contributed by atoms with Gasteiger partial charge in [-0.15, -0.1) is 0 Å². The number of rotatable bonds is 9. The second kappa shape index (κ2) is 13.1. The Bertz CT molecular complexity index is 1380. The number of nitrogens with one attached hydrogen (secondary N) is 2. The molecule has 43 heavy (non-hydrogen) atoms. The lowest BCUT2D eigenvalue weighted by atomic mass is 10.0. The van der Waals surface area contributed by atoms with E-state index in [4.69, 9.17) is 24.6 Å². The molecule has 3 saturated heterocycles. The number of anilines is 4.